The first-order valence-corrected chi connectivity index (χ1v) is 7.08. The number of rotatable bonds is 3. The molecule has 2 rings (SSSR count). The highest BCUT2D eigenvalue weighted by atomic mass is 32.1. The maximum atomic E-state index is 5.37. The SMILES string of the molecule is C/C(=N/NC(=S)N(C)C1CCCC1)c1ccccn1. The van der Waals surface area contributed by atoms with Crippen molar-refractivity contribution in [3.8, 4) is 0 Å². The van der Waals surface area contributed by atoms with Gasteiger partial charge in [0.05, 0.1) is 11.4 Å². The van der Waals surface area contributed by atoms with Gasteiger partial charge in [-0.25, -0.2) is 0 Å². The summed E-state index contributed by atoms with van der Waals surface area (Å²) < 4.78 is 0. The molecular weight excluding hydrogens is 256 g/mol. The molecule has 1 aliphatic carbocycles. The van der Waals surface area contributed by atoms with Crippen LogP contribution < -0.4 is 5.43 Å². The summed E-state index contributed by atoms with van der Waals surface area (Å²) >= 11 is 5.37. The highest BCUT2D eigenvalue weighted by molar-refractivity contribution is 7.80. The van der Waals surface area contributed by atoms with Crippen LogP contribution in [0.2, 0.25) is 0 Å². The number of nitrogens with zero attached hydrogens (tertiary/aromatic N) is 3. The van der Waals surface area contributed by atoms with Gasteiger partial charge in [0.25, 0.3) is 0 Å². The zero-order chi connectivity index (χ0) is 13.7. The van der Waals surface area contributed by atoms with E-state index in [2.05, 4.69) is 20.4 Å². The van der Waals surface area contributed by atoms with Crippen LogP contribution in [0.3, 0.4) is 0 Å². The van der Waals surface area contributed by atoms with E-state index >= 15 is 0 Å². The molecule has 1 fully saturated rings. The van der Waals surface area contributed by atoms with Gasteiger partial charge in [-0.05, 0) is 44.1 Å². The highest BCUT2D eigenvalue weighted by Gasteiger charge is 2.21. The second-order valence-corrected chi connectivity index (χ2v) is 5.27. The minimum Gasteiger partial charge on any atom is -0.348 e. The van der Waals surface area contributed by atoms with Crippen molar-refractivity contribution < 1.29 is 0 Å². The minimum atomic E-state index is 0.561. The molecule has 1 heterocycles. The predicted molar refractivity (Wildman–Crippen MR) is 82.2 cm³/mol. The van der Waals surface area contributed by atoms with Gasteiger partial charge in [-0.3, -0.25) is 10.4 Å². The molecule has 0 aromatic carbocycles. The zero-order valence-electron chi connectivity index (χ0n) is 11.5. The van der Waals surface area contributed by atoms with Gasteiger partial charge in [0.15, 0.2) is 5.11 Å². The Labute approximate surface area is 119 Å². The van der Waals surface area contributed by atoms with E-state index in [0.717, 1.165) is 11.4 Å². The van der Waals surface area contributed by atoms with Gasteiger partial charge < -0.3 is 4.90 Å². The molecule has 0 amide bonds. The molecule has 102 valence electrons. The van der Waals surface area contributed by atoms with Gasteiger partial charge in [-0.15, -0.1) is 0 Å². The number of hydrazone groups is 1. The minimum absolute atomic E-state index is 0.561. The third-order valence-corrected chi connectivity index (χ3v) is 3.93. The Hall–Kier alpha value is -1.49. The Bertz CT molecular complexity index is 452. The number of nitrogens with one attached hydrogen (secondary N) is 1. The standard InChI is InChI=1S/C14H20N4S/c1-11(13-9-5-6-10-15-13)16-17-14(19)18(2)12-7-3-4-8-12/h5-6,9-10,12H,3-4,7-8H2,1-2H3,(H,17,19)/b16-11-. The Morgan fingerprint density at radius 2 is 2.16 bits per heavy atom. The van der Waals surface area contributed by atoms with E-state index in [1.165, 1.54) is 25.7 Å². The zero-order valence-corrected chi connectivity index (χ0v) is 12.3. The summed E-state index contributed by atoms with van der Waals surface area (Å²) in [6.45, 7) is 1.92. The van der Waals surface area contributed by atoms with Crippen LogP contribution in [0.5, 0.6) is 0 Å². The van der Waals surface area contributed by atoms with Gasteiger partial charge >= 0.3 is 0 Å². The normalized spacial score (nSPS) is 16.4. The molecule has 0 unspecified atom stereocenters. The van der Waals surface area contributed by atoms with Crippen molar-refractivity contribution in [1.29, 1.82) is 0 Å². The molecule has 0 radical (unpaired) electrons. The second kappa shape index (κ2) is 6.61. The van der Waals surface area contributed by atoms with Crippen LogP contribution in [0.1, 0.15) is 38.3 Å². The molecule has 0 bridgehead atoms. The summed E-state index contributed by atoms with van der Waals surface area (Å²) in [5, 5.41) is 4.99. The van der Waals surface area contributed by atoms with Gasteiger partial charge in [-0.2, -0.15) is 5.10 Å². The lowest BCUT2D eigenvalue weighted by molar-refractivity contribution is 0.367. The van der Waals surface area contributed by atoms with E-state index in [-0.39, 0.29) is 0 Å². The molecular formula is C14H20N4S. The Balaban J connectivity index is 1.92. The highest BCUT2D eigenvalue weighted by Crippen LogP contribution is 2.22. The van der Waals surface area contributed by atoms with E-state index in [9.17, 15) is 0 Å². The number of thiocarbonyl (C=S) groups is 1. The summed E-state index contributed by atoms with van der Waals surface area (Å²) in [5.74, 6) is 0. The fourth-order valence-electron chi connectivity index (χ4n) is 2.30. The molecule has 1 aliphatic rings. The molecule has 1 aromatic heterocycles. The first-order chi connectivity index (χ1) is 9.18. The quantitative estimate of drug-likeness (QED) is 0.523. The summed E-state index contributed by atoms with van der Waals surface area (Å²) in [6.07, 6.45) is 6.81. The maximum absolute atomic E-state index is 5.37. The van der Waals surface area contributed by atoms with Crippen LogP contribution in [0.4, 0.5) is 0 Å². The van der Waals surface area contributed by atoms with Crippen molar-refractivity contribution in [3.05, 3.63) is 30.1 Å². The van der Waals surface area contributed by atoms with Gasteiger partial charge in [-0.1, -0.05) is 18.9 Å². The lowest BCUT2D eigenvalue weighted by atomic mass is 10.2. The van der Waals surface area contributed by atoms with Gasteiger partial charge in [0.2, 0.25) is 0 Å². The second-order valence-electron chi connectivity index (χ2n) is 4.88. The molecule has 1 N–H and O–H groups in total. The summed E-state index contributed by atoms with van der Waals surface area (Å²) in [6, 6.07) is 6.34. The van der Waals surface area contributed by atoms with Crippen molar-refractivity contribution in [2.45, 2.75) is 38.6 Å². The average molecular weight is 276 g/mol. The van der Waals surface area contributed by atoms with Crippen LogP contribution in [0, 0.1) is 0 Å². The van der Waals surface area contributed by atoms with Crippen LogP contribution in [0.15, 0.2) is 29.5 Å². The van der Waals surface area contributed by atoms with E-state index in [1.54, 1.807) is 6.20 Å². The van der Waals surface area contributed by atoms with E-state index in [1.807, 2.05) is 32.2 Å². The molecule has 0 saturated heterocycles. The van der Waals surface area contributed by atoms with Crippen LogP contribution in [0.25, 0.3) is 0 Å². The van der Waals surface area contributed by atoms with Crippen LogP contribution in [-0.2, 0) is 0 Å². The van der Waals surface area contributed by atoms with Gasteiger partial charge in [0, 0.05) is 19.3 Å². The number of aromatic nitrogens is 1. The smallest absolute Gasteiger partial charge is 0.189 e. The molecule has 0 spiro atoms. The number of pyridine rings is 1. The monoisotopic (exact) mass is 276 g/mol. The molecule has 0 atom stereocenters. The van der Waals surface area contributed by atoms with E-state index in [0.29, 0.717) is 11.2 Å². The van der Waals surface area contributed by atoms with E-state index < -0.39 is 0 Å². The molecule has 5 heteroatoms. The first kappa shape index (κ1) is 13.9. The molecule has 4 nitrogen and oxygen atoms in total. The van der Waals surface area contributed by atoms with Crippen LogP contribution >= 0.6 is 12.2 Å². The average Bonchev–Trinajstić information content (AvgIpc) is 2.98. The Morgan fingerprint density at radius 1 is 1.42 bits per heavy atom. The lowest BCUT2D eigenvalue weighted by Crippen LogP contribution is -2.40. The maximum Gasteiger partial charge on any atom is 0.189 e. The third kappa shape index (κ3) is 3.73. The first-order valence-electron chi connectivity index (χ1n) is 6.67. The van der Waals surface area contributed by atoms with Crippen molar-refractivity contribution in [3.63, 3.8) is 0 Å². The third-order valence-electron chi connectivity index (χ3n) is 3.55. The topological polar surface area (TPSA) is 40.5 Å². The van der Waals surface area contributed by atoms with Crippen molar-refractivity contribution in [1.82, 2.24) is 15.3 Å². The summed E-state index contributed by atoms with van der Waals surface area (Å²) in [5.41, 5.74) is 4.66. The largest absolute Gasteiger partial charge is 0.348 e. The van der Waals surface area contributed by atoms with Crippen molar-refractivity contribution in [2.75, 3.05) is 7.05 Å². The predicted octanol–water partition coefficient (Wildman–Crippen LogP) is 2.55. The Morgan fingerprint density at radius 3 is 2.79 bits per heavy atom. The van der Waals surface area contributed by atoms with Crippen molar-refractivity contribution in [2.24, 2.45) is 5.10 Å². The lowest BCUT2D eigenvalue weighted by Gasteiger charge is -2.26. The molecule has 1 aromatic rings. The molecule has 1 saturated carbocycles. The fraction of sp³-hybridized carbons (Fsp3) is 0.500. The van der Waals surface area contributed by atoms with Crippen LogP contribution in [-0.4, -0.2) is 33.8 Å². The number of hydrogen-bond acceptors (Lipinski definition) is 3. The summed E-state index contributed by atoms with van der Waals surface area (Å²) in [4.78, 5) is 6.37. The molecule has 0 aliphatic heterocycles. The Kier molecular flexibility index (Phi) is 4.85. The number of hydrogen-bond donors (Lipinski definition) is 1. The summed E-state index contributed by atoms with van der Waals surface area (Å²) in [7, 11) is 2.04. The van der Waals surface area contributed by atoms with Crippen molar-refractivity contribution >= 4 is 23.0 Å². The van der Waals surface area contributed by atoms with E-state index in [4.69, 9.17) is 12.2 Å². The fourth-order valence-corrected chi connectivity index (χ4v) is 2.50. The molecule has 19 heavy (non-hydrogen) atoms. The van der Waals surface area contributed by atoms with Gasteiger partial charge in [0.1, 0.15) is 0 Å².